The molecule has 0 saturated carbocycles. The summed E-state index contributed by atoms with van der Waals surface area (Å²) < 4.78 is 11.4. The lowest BCUT2D eigenvalue weighted by Gasteiger charge is -2.47. The Morgan fingerprint density at radius 2 is 1.73 bits per heavy atom. The number of amides is 1. The summed E-state index contributed by atoms with van der Waals surface area (Å²) in [4.78, 5) is 33.6. The Kier molecular flexibility index (Phi) is 6.28. The molecule has 0 aromatic heterocycles. The van der Waals surface area contributed by atoms with Crippen molar-refractivity contribution in [2.75, 3.05) is 30.1 Å². The highest BCUT2D eigenvalue weighted by Crippen LogP contribution is 2.58. The molecule has 2 rings (SSSR count). The maximum Gasteiger partial charge on any atom is 0.344 e. The van der Waals surface area contributed by atoms with Gasteiger partial charge in [0, 0.05) is 6.54 Å². The molecule has 0 unspecified atom stereocenters. The summed E-state index contributed by atoms with van der Waals surface area (Å²) in [5.74, 6) is 2.45. The van der Waals surface area contributed by atoms with Gasteiger partial charge in [-0.15, -0.1) is 0 Å². The van der Waals surface area contributed by atoms with E-state index in [1.807, 2.05) is 32.1 Å². The number of hydrogen-bond acceptors (Lipinski definition) is 3. The van der Waals surface area contributed by atoms with Crippen molar-refractivity contribution in [1.82, 2.24) is 4.90 Å². The van der Waals surface area contributed by atoms with E-state index >= 15 is 0 Å². The van der Waals surface area contributed by atoms with Crippen LogP contribution in [0.4, 0.5) is 0 Å². The molecule has 0 spiro atoms. The highest BCUT2D eigenvalue weighted by Gasteiger charge is 2.39. The third-order valence-corrected chi connectivity index (χ3v) is 10.1. The first-order valence-electron chi connectivity index (χ1n) is 8.65. The molecule has 0 bridgehead atoms. The zero-order valence-electron chi connectivity index (χ0n) is 15.7. The number of hydrogen-bond donors (Lipinski definition) is 3. The molecule has 0 aliphatic carbocycles. The van der Waals surface area contributed by atoms with Crippen LogP contribution >= 0.6 is 17.6 Å². The van der Waals surface area contributed by atoms with E-state index in [2.05, 4.69) is 13.8 Å². The molecule has 1 aromatic rings. The fourth-order valence-corrected chi connectivity index (χ4v) is 7.41. The first-order chi connectivity index (χ1) is 12.0. The van der Waals surface area contributed by atoms with E-state index in [9.17, 15) is 24.3 Å². The van der Waals surface area contributed by atoms with Gasteiger partial charge in [0.2, 0.25) is 0 Å². The molecule has 0 radical (unpaired) electrons. The quantitative estimate of drug-likeness (QED) is 0.520. The molecule has 1 amide bonds. The predicted octanol–water partition coefficient (Wildman–Crippen LogP) is 3.17. The van der Waals surface area contributed by atoms with E-state index in [-0.39, 0.29) is 11.7 Å². The fourth-order valence-electron chi connectivity index (χ4n) is 3.41. The zero-order valence-corrected chi connectivity index (χ0v) is 17.4. The van der Waals surface area contributed by atoms with Gasteiger partial charge >= 0.3 is 7.60 Å². The Morgan fingerprint density at radius 1 is 1.19 bits per heavy atom. The van der Waals surface area contributed by atoms with Crippen molar-refractivity contribution in [2.45, 2.75) is 27.7 Å². The second-order valence-corrected chi connectivity index (χ2v) is 12.4. The summed E-state index contributed by atoms with van der Waals surface area (Å²) in [6.07, 6.45) is 1.32. The molecule has 1 heterocycles. The average Bonchev–Trinajstić information content (AvgIpc) is 2.56. The van der Waals surface area contributed by atoms with E-state index in [1.54, 1.807) is 0 Å². The molecule has 6 nitrogen and oxygen atoms in total. The lowest BCUT2D eigenvalue weighted by atomic mass is 10.1. The van der Waals surface area contributed by atoms with Crippen LogP contribution in [0, 0.1) is 13.8 Å². The molecule has 26 heavy (non-hydrogen) atoms. The van der Waals surface area contributed by atoms with Crippen LogP contribution in [0.2, 0.25) is 0 Å². The van der Waals surface area contributed by atoms with Gasteiger partial charge < -0.3 is 19.8 Å². The van der Waals surface area contributed by atoms with Gasteiger partial charge in [0.25, 0.3) is 5.91 Å². The van der Waals surface area contributed by atoms with Gasteiger partial charge in [-0.3, -0.25) is 9.36 Å². The first kappa shape index (κ1) is 21.0. The maximum absolute atomic E-state index is 13.1. The Labute approximate surface area is 156 Å². The van der Waals surface area contributed by atoms with Gasteiger partial charge in [-0.1, -0.05) is 13.8 Å². The summed E-state index contributed by atoms with van der Waals surface area (Å²) in [5.41, 5.74) is 2.31. The SMILES string of the molecule is CCS1(CC)CCN(CP(=O)(O)O)C(=O)/C1=C\c1cc(C)c(O)c(C)c1. The predicted molar refractivity (Wildman–Crippen MR) is 108 cm³/mol. The summed E-state index contributed by atoms with van der Waals surface area (Å²) in [6.45, 7) is 8.16. The molecule has 1 aromatic carbocycles. The maximum atomic E-state index is 13.1. The van der Waals surface area contributed by atoms with Crippen LogP contribution in [0.1, 0.15) is 30.5 Å². The lowest BCUT2D eigenvalue weighted by Crippen LogP contribution is -2.43. The molecule has 1 fully saturated rings. The minimum atomic E-state index is -4.31. The number of carbonyl (C=O) groups excluding carboxylic acids is 1. The summed E-state index contributed by atoms with van der Waals surface area (Å²) in [5, 5.41) is 9.98. The number of phenolic OH excluding ortho intramolecular Hbond substituents is 1. The highest BCUT2D eigenvalue weighted by atomic mass is 32.3. The number of aromatic hydroxyl groups is 1. The van der Waals surface area contributed by atoms with Gasteiger partial charge in [0.05, 0.1) is 4.91 Å². The monoisotopic (exact) mass is 401 g/mol. The number of aryl methyl sites for hydroxylation is 2. The first-order valence-corrected chi connectivity index (χ1v) is 12.6. The summed E-state index contributed by atoms with van der Waals surface area (Å²) in [7, 11) is -5.64. The molecule has 146 valence electrons. The standard InChI is InChI=1S/C18H28NO5PS/c1-5-26(6-2)8-7-19(12-25(22,23)24)18(21)16(26)11-15-9-13(3)17(20)14(4)10-15/h9-11,20H,5-8,12H2,1-4H3,(H2,22,23,24)/b16-11+. The van der Waals surface area contributed by atoms with Crippen LogP contribution < -0.4 is 0 Å². The van der Waals surface area contributed by atoms with Gasteiger partial charge in [0.15, 0.2) is 0 Å². The second kappa shape index (κ2) is 7.77. The van der Waals surface area contributed by atoms with Gasteiger partial charge in [0.1, 0.15) is 12.0 Å². The summed E-state index contributed by atoms with van der Waals surface area (Å²) >= 11 is 0. The van der Waals surface area contributed by atoms with Gasteiger partial charge in [-0.05, 0) is 66.0 Å². The van der Waals surface area contributed by atoms with Crippen LogP contribution in [-0.2, 0) is 9.36 Å². The van der Waals surface area contributed by atoms with Crippen LogP contribution in [0.5, 0.6) is 5.75 Å². The molecule has 1 aliphatic heterocycles. The van der Waals surface area contributed by atoms with E-state index in [4.69, 9.17) is 0 Å². The third kappa shape index (κ3) is 4.34. The van der Waals surface area contributed by atoms with Crippen molar-refractivity contribution in [3.8, 4) is 5.75 Å². The second-order valence-electron chi connectivity index (χ2n) is 6.71. The Hall–Kier alpha value is -1.27. The minimum Gasteiger partial charge on any atom is -0.507 e. The molecule has 1 saturated heterocycles. The zero-order chi connectivity index (χ0) is 19.7. The van der Waals surface area contributed by atoms with Crippen molar-refractivity contribution in [2.24, 2.45) is 0 Å². The van der Waals surface area contributed by atoms with E-state index in [0.29, 0.717) is 11.4 Å². The third-order valence-electron chi connectivity index (χ3n) is 4.99. The van der Waals surface area contributed by atoms with Crippen LogP contribution in [-0.4, -0.2) is 55.8 Å². The van der Waals surface area contributed by atoms with Crippen molar-refractivity contribution >= 4 is 29.6 Å². The van der Waals surface area contributed by atoms with E-state index < -0.39 is 23.9 Å². The average molecular weight is 401 g/mol. The number of phenols is 1. The largest absolute Gasteiger partial charge is 0.507 e. The topological polar surface area (TPSA) is 98.1 Å². The minimum absolute atomic E-state index is 0.245. The number of carbonyl (C=O) groups is 1. The molecule has 8 heteroatoms. The fraction of sp³-hybridized carbons (Fsp3) is 0.500. The number of rotatable bonds is 5. The molecule has 1 aliphatic rings. The van der Waals surface area contributed by atoms with Crippen molar-refractivity contribution in [3.05, 3.63) is 33.7 Å². The van der Waals surface area contributed by atoms with Crippen LogP contribution in [0.25, 0.3) is 6.08 Å². The summed E-state index contributed by atoms with van der Waals surface area (Å²) in [6, 6.07) is 3.67. The number of nitrogens with zero attached hydrogens (tertiary/aromatic N) is 1. The lowest BCUT2D eigenvalue weighted by molar-refractivity contribution is -0.125. The Balaban J connectivity index is 2.53. The van der Waals surface area contributed by atoms with Crippen molar-refractivity contribution < 1.29 is 24.3 Å². The smallest absolute Gasteiger partial charge is 0.344 e. The Bertz CT molecular complexity index is 759. The van der Waals surface area contributed by atoms with Crippen molar-refractivity contribution in [3.63, 3.8) is 0 Å². The van der Waals surface area contributed by atoms with Gasteiger partial charge in [-0.2, -0.15) is 0 Å². The normalized spacial score (nSPS) is 20.5. The van der Waals surface area contributed by atoms with Crippen molar-refractivity contribution in [1.29, 1.82) is 0 Å². The molecule has 0 atom stereocenters. The Morgan fingerprint density at radius 3 is 2.19 bits per heavy atom. The van der Waals surface area contributed by atoms with E-state index in [1.165, 1.54) is 4.90 Å². The van der Waals surface area contributed by atoms with Gasteiger partial charge in [-0.25, -0.2) is 10.0 Å². The van der Waals surface area contributed by atoms with E-state index in [0.717, 1.165) is 33.9 Å². The van der Waals surface area contributed by atoms with Crippen LogP contribution in [0.3, 0.4) is 0 Å². The number of benzene rings is 1. The molecule has 3 N–H and O–H groups in total. The molecular formula is C18H28NO5PS. The molecular weight excluding hydrogens is 373 g/mol. The highest BCUT2D eigenvalue weighted by molar-refractivity contribution is 8.37. The van der Waals surface area contributed by atoms with Crippen LogP contribution in [0.15, 0.2) is 17.0 Å².